The number of ether oxygens (including phenoxy) is 1. The lowest BCUT2D eigenvalue weighted by Gasteiger charge is -2.08. The minimum absolute atomic E-state index is 0.211. The second-order valence-corrected chi connectivity index (χ2v) is 6.98. The van der Waals surface area contributed by atoms with Crippen LogP contribution in [0.15, 0.2) is 0 Å². The van der Waals surface area contributed by atoms with Crippen molar-refractivity contribution in [2.24, 2.45) is 5.92 Å². The normalized spacial score (nSPS) is 13.0. The van der Waals surface area contributed by atoms with Crippen LogP contribution in [0, 0.1) is 5.92 Å². The molecular weight excluding hydrogens is 276 g/mol. The molecule has 3 heteroatoms. The first-order chi connectivity index (χ1) is 10.7. The number of hydrogen-bond donors (Lipinski definition) is 2. The molecule has 0 saturated heterocycles. The molecule has 0 bridgehead atoms. The molecule has 0 amide bonds. The van der Waals surface area contributed by atoms with Gasteiger partial charge in [0.1, 0.15) is 6.10 Å². The van der Waals surface area contributed by atoms with Gasteiger partial charge in [0.2, 0.25) is 0 Å². The summed E-state index contributed by atoms with van der Waals surface area (Å²) in [6, 6.07) is 0. The Labute approximate surface area is 138 Å². The minimum atomic E-state index is -0.717. The summed E-state index contributed by atoms with van der Waals surface area (Å²) in [7, 11) is 0. The van der Waals surface area contributed by atoms with Gasteiger partial charge in [-0.15, -0.1) is 0 Å². The number of rotatable bonds is 17. The molecular formula is C19H40O3. The zero-order valence-electron chi connectivity index (χ0n) is 15.1. The van der Waals surface area contributed by atoms with Crippen LogP contribution in [-0.4, -0.2) is 36.1 Å². The number of unbranched alkanes of at least 4 members (excludes halogenated alkanes) is 10. The Bertz CT molecular complexity index is 207. The second kappa shape index (κ2) is 17.2. The van der Waals surface area contributed by atoms with Gasteiger partial charge in [-0.05, 0) is 12.3 Å². The molecule has 0 heterocycles. The van der Waals surface area contributed by atoms with E-state index >= 15 is 0 Å². The van der Waals surface area contributed by atoms with Crippen molar-refractivity contribution in [3.8, 4) is 0 Å². The molecule has 0 aliphatic heterocycles. The fourth-order valence-corrected chi connectivity index (χ4v) is 2.62. The first-order valence-electron chi connectivity index (χ1n) is 9.53. The topological polar surface area (TPSA) is 49.7 Å². The Balaban J connectivity index is 3.00. The van der Waals surface area contributed by atoms with Crippen molar-refractivity contribution in [3.63, 3.8) is 0 Å². The van der Waals surface area contributed by atoms with Crippen LogP contribution in [0.1, 0.15) is 90.9 Å². The molecule has 3 nitrogen and oxygen atoms in total. The fraction of sp³-hybridized carbons (Fsp3) is 1.00. The summed E-state index contributed by atoms with van der Waals surface area (Å²) in [5, 5.41) is 17.7. The highest BCUT2D eigenvalue weighted by atomic mass is 16.5. The van der Waals surface area contributed by atoms with Crippen LogP contribution in [0.25, 0.3) is 0 Å². The average molecular weight is 317 g/mol. The molecule has 0 aromatic rings. The van der Waals surface area contributed by atoms with E-state index in [2.05, 4.69) is 13.8 Å². The van der Waals surface area contributed by atoms with Crippen LogP contribution in [0.4, 0.5) is 0 Å². The van der Waals surface area contributed by atoms with E-state index in [9.17, 15) is 0 Å². The quantitative estimate of drug-likeness (QED) is 0.383. The third-order valence-electron chi connectivity index (χ3n) is 4.09. The van der Waals surface area contributed by atoms with Gasteiger partial charge in [0.05, 0.1) is 13.2 Å². The molecule has 0 aromatic heterocycles. The summed E-state index contributed by atoms with van der Waals surface area (Å²) in [4.78, 5) is 0. The number of aliphatic hydroxyl groups excluding tert-OH is 2. The highest BCUT2D eigenvalue weighted by Crippen LogP contribution is 2.13. The average Bonchev–Trinajstić information content (AvgIpc) is 2.50. The molecule has 0 rings (SSSR count). The van der Waals surface area contributed by atoms with E-state index in [1.165, 1.54) is 70.6 Å². The van der Waals surface area contributed by atoms with Crippen LogP contribution in [0.3, 0.4) is 0 Å². The predicted octanol–water partition coefficient (Wildman–Crippen LogP) is 4.69. The Kier molecular flexibility index (Phi) is 17.1. The first-order valence-corrected chi connectivity index (χ1v) is 9.53. The molecule has 0 aliphatic rings. The van der Waals surface area contributed by atoms with Gasteiger partial charge in [0, 0.05) is 6.61 Å². The van der Waals surface area contributed by atoms with E-state index in [1.54, 1.807) is 0 Å². The minimum Gasteiger partial charge on any atom is -0.394 e. The van der Waals surface area contributed by atoms with Crippen LogP contribution < -0.4 is 0 Å². The molecule has 0 radical (unpaired) electrons. The van der Waals surface area contributed by atoms with E-state index in [0.717, 1.165) is 12.3 Å². The van der Waals surface area contributed by atoms with E-state index in [0.29, 0.717) is 6.61 Å². The van der Waals surface area contributed by atoms with Gasteiger partial charge in [-0.2, -0.15) is 0 Å². The number of aliphatic hydroxyl groups is 2. The van der Waals surface area contributed by atoms with Gasteiger partial charge in [-0.3, -0.25) is 0 Å². The molecule has 0 fully saturated rings. The fourth-order valence-electron chi connectivity index (χ4n) is 2.62. The highest BCUT2D eigenvalue weighted by molar-refractivity contribution is 4.51. The van der Waals surface area contributed by atoms with E-state index in [1.807, 2.05) is 0 Å². The lowest BCUT2D eigenvalue weighted by Crippen LogP contribution is -2.19. The Morgan fingerprint density at radius 2 is 1.18 bits per heavy atom. The van der Waals surface area contributed by atoms with Gasteiger partial charge in [-0.25, -0.2) is 0 Å². The Hall–Kier alpha value is -0.120. The van der Waals surface area contributed by atoms with Crippen molar-refractivity contribution in [1.29, 1.82) is 0 Å². The van der Waals surface area contributed by atoms with Crippen molar-refractivity contribution in [3.05, 3.63) is 0 Å². The summed E-state index contributed by atoms with van der Waals surface area (Å²) < 4.78 is 5.28. The van der Waals surface area contributed by atoms with Gasteiger partial charge in [0.15, 0.2) is 0 Å². The van der Waals surface area contributed by atoms with Crippen molar-refractivity contribution < 1.29 is 14.9 Å². The van der Waals surface area contributed by atoms with Crippen molar-refractivity contribution in [1.82, 2.24) is 0 Å². The maximum absolute atomic E-state index is 9.10. The summed E-state index contributed by atoms with van der Waals surface area (Å²) in [6.07, 6.45) is 15.4. The number of hydrogen-bond acceptors (Lipinski definition) is 3. The highest BCUT2D eigenvalue weighted by Gasteiger charge is 2.00. The predicted molar refractivity (Wildman–Crippen MR) is 94.2 cm³/mol. The third-order valence-corrected chi connectivity index (χ3v) is 4.09. The molecule has 1 atom stereocenters. The monoisotopic (exact) mass is 316 g/mol. The largest absolute Gasteiger partial charge is 0.394 e. The maximum Gasteiger partial charge on any atom is 0.100 e. The lowest BCUT2D eigenvalue weighted by atomic mass is 10.0. The SMILES string of the molecule is CC(C)CCCCCCCCCCCCCOCC(O)CO. The van der Waals surface area contributed by atoms with E-state index in [4.69, 9.17) is 14.9 Å². The van der Waals surface area contributed by atoms with E-state index < -0.39 is 6.10 Å². The molecule has 22 heavy (non-hydrogen) atoms. The summed E-state index contributed by atoms with van der Waals surface area (Å²) in [5.41, 5.74) is 0. The molecule has 2 N–H and O–H groups in total. The smallest absolute Gasteiger partial charge is 0.100 e. The van der Waals surface area contributed by atoms with E-state index in [-0.39, 0.29) is 13.2 Å². The third kappa shape index (κ3) is 17.9. The van der Waals surface area contributed by atoms with Crippen molar-refractivity contribution in [2.45, 2.75) is 97.0 Å². The first kappa shape index (κ1) is 21.9. The van der Waals surface area contributed by atoms with Gasteiger partial charge in [-0.1, -0.05) is 84.5 Å². The van der Waals surface area contributed by atoms with Crippen LogP contribution in [0.2, 0.25) is 0 Å². The van der Waals surface area contributed by atoms with Gasteiger partial charge >= 0.3 is 0 Å². The summed E-state index contributed by atoms with van der Waals surface area (Å²) >= 11 is 0. The van der Waals surface area contributed by atoms with Crippen molar-refractivity contribution in [2.75, 3.05) is 19.8 Å². The summed E-state index contributed by atoms with van der Waals surface area (Å²) in [5.74, 6) is 0.866. The Morgan fingerprint density at radius 1 is 0.727 bits per heavy atom. The maximum atomic E-state index is 9.10. The Morgan fingerprint density at radius 3 is 1.64 bits per heavy atom. The van der Waals surface area contributed by atoms with Gasteiger partial charge in [0.25, 0.3) is 0 Å². The zero-order chi connectivity index (χ0) is 16.5. The van der Waals surface area contributed by atoms with Crippen LogP contribution >= 0.6 is 0 Å². The van der Waals surface area contributed by atoms with Crippen molar-refractivity contribution >= 4 is 0 Å². The zero-order valence-corrected chi connectivity index (χ0v) is 15.1. The molecule has 134 valence electrons. The van der Waals surface area contributed by atoms with Crippen LogP contribution in [-0.2, 0) is 4.74 Å². The molecule has 0 saturated carbocycles. The molecule has 1 unspecified atom stereocenters. The standard InChI is InChI=1S/C19H40O3/c1-18(2)14-12-10-8-6-4-3-5-7-9-11-13-15-22-17-19(21)16-20/h18-21H,3-17H2,1-2H3. The lowest BCUT2D eigenvalue weighted by molar-refractivity contribution is 0.00526. The molecule has 0 aromatic carbocycles. The second-order valence-electron chi connectivity index (χ2n) is 6.98. The van der Waals surface area contributed by atoms with Gasteiger partial charge < -0.3 is 14.9 Å². The summed E-state index contributed by atoms with van der Waals surface area (Å²) in [6.45, 7) is 5.37. The van der Waals surface area contributed by atoms with Crippen LogP contribution in [0.5, 0.6) is 0 Å². The molecule has 0 spiro atoms. The molecule has 0 aliphatic carbocycles.